The quantitative estimate of drug-likeness (QED) is 0.684. The van der Waals surface area contributed by atoms with Gasteiger partial charge in [-0.25, -0.2) is 0 Å². The molecule has 3 N–H and O–H groups in total. The van der Waals surface area contributed by atoms with E-state index in [1.165, 1.54) is 12.8 Å². The minimum absolute atomic E-state index is 0.113. The number of nitrogens with two attached hydrogens (primary N) is 1. The van der Waals surface area contributed by atoms with Crippen molar-refractivity contribution in [1.82, 2.24) is 0 Å². The third kappa shape index (κ3) is 1.40. The highest BCUT2D eigenvalue weighted by Crippen LogP contribution is 2.58. The van der Waals surface area contributed by atoms with Crippen molar-refractivity contribution in [3.63, 3.8) is 0 Å². The van der Waals surface area contributed by atoms with Crippen LogP contribution in [0.2, 0.25) is 0 Å². The van der Waals surface area contributed by atoms with Crippen LogP contribution in [0.1, 0.15) is 45.4 Å². The topological polar surface area (TPSA) is 46.2 Å². The van der Waals surface area contributed by atoms with Crippen molar-refractivity contribution >= 4 is 0 Å². The van der Waals surface area contributed by atoms with Gasteiger partial charge < -0.3 is 10.8 Å². The molecule has 2 nitrogen and oxygen atoms in total. The second-order valence-corrected chi connectivity index (χ2v) is 5.22. The van der Waals surface area contributed by atoms with Crippen LogP contribution in [0.15, 0.2) is 0 Å². The zero-order chi connectivity index (χ0) is 9.53. The normalized spacial score (nSPS) is 43.2. The van der Waals surface area contributed by atoms with E-state index in [9.17, 15) is 5.11 Å². The van der Waals surface area contributed by atoms with Gasteiger partial charge in [-0.05, 0) is 31.6 Å². The van der Waals surface area contributed by atoms with Crippen molar-refractivity contribution in [2.24, 2.45) is 17.1 Å². The molecule has 2 unspecified atom stereocenters. The summed E-state index contributed by atoms with van der Waals surface area (Å²) in [5, 5.41) is 10.6. The van der Waals surface area contributed by atoms with Gasteiger partial charge >= 0.3 is 0 Å². The van der Waals surface area contributed by atoms with E-state index >= 15 is 0 Å². The first-order valence-corrected chi connectivity index (χ1v) is 5.54. The summed E-state index contributed by atoms with van der Waals surface area (Å²) < 4.78 is 0. The third-order valence-corrected chi connectivity index (χ3v) is 4.20. The van der Waals surface area contributed by atoms with Crippen LogP contribution in [0.25, 0.3) is 0 Å². The molecule has 0 aromatic heterocycles. The second kappa shape index (κ2) is 2.96. The summed E-state index contributed by atoms with van der Waals surface area (Å²) in [7, 11) is 0. The number of hydrogen-bond acceptors (Lipinski definition) is 2. The molecule has 2 heteroatoms. The Bertz CT molecular complexity index is 200. The van der Waals surface area contributed by atoms with Crippen molar-refractivity contribution in [2.45, 2.75) is 51.0 Å². The molecule has 0 radical (unpaired) electrons. The Kier molecular flexibility index (Phi) is 2.16. The first kappa shape index (κ1) is 9.47. The van der Waals surface area contributed by atoms with Gasteiger partial charge in [0.25, 0.3) is 0 Å². The predicted octanol–water partition coefficient (Wildman–Crippen LogP) is 1.67. The lowest BCUT2D eigenvalue weighted by atomic mass is 9.70. The largest absolute Gasteiger partial charge is 0.389 e. The van der Waals surface area contributed by atoms with E-state index < -0.39 is 5.60 Å². The van der Waals surface area contributed by atoms with Crippen molar-refractivity contribution in [1.29, 1.82) is 0 Å². The smallest absolute Gasteiger partial charge is 0.0718 e. The van der Waals surface area contributed by atoms with E-state index in [1.54, 1.807) is 0 Å². The maximum absolute atomic E-state index is 10.6. The molecule has 2 fully saturated rings. The first-order chi connectivity index (χ1) is 6.12. The summed E-state index contributed by atoms with van der Waals surface area (Å²) in [6.45, 7) is 2.92. The van der Waals surface area contributed by atoms with Crippen LogP contribution >= 0.6 is 0 Å². The molecule has 2 atom stereocenters. The average molecular weight is 183 g/mol. The molecular weight excluding hydrogens is 162 g/mol. The van der Waals surface area contributed by atoms with E-state index in [2.05, 4.69) is 6.92 Å². The Balaban J connectivity index is 2.10. The van der Waals surface area contributed by atoms with Gasteiger partial charge in [-0.1, -0.05) is 19.8 Å². The zero-order valence-electron chi connectivity index (χ0n) is 8.55. The molecule has 0 saturated heterocycles. The minimum Gasteiger partial charge on any atom is -0.389 e. The molecule has 13 heavy (non-hydrogen) atoms. The Morgan fingerprint density at radius 2 is 2.08 bits per heavy atom. The first-order valence-electron chi connectivity index (χ1n) is 5.54. The highest BCUT2D eigenvalue weighted by atomic mass is 16.3. The molecule has 2 aliphatic rings. The average Bonchev–Trinajstić information content (AvgIpc) is 2.83. The fourth-order valence-corrected chi connectivity index (χ4v) is 3.02. The van der Waals surface area contributed by atoms with E-state index in [0.717, 1.165) is 25.7 Å². The molecular formula is C11H21NO. The van der Waals surface area contributed by atoms with Crippen molar-refractivity contribution in [2.75, 3.05) is 6.54 Å². The van der Waals surface area contributed by atoms with Crippen molar-refractivity contribution in [3.8, 4) is 0 Å². The van der Waals surface area contributed by atoms with E-state index in [4.69, 9.17) is 5.73 Å². The lowest BCUT2D eigenvalue weighted by Crippen LogP contribution is -2.47. The Hall–Kier alpha value is -0.0800. The summed E-state index contributed by atoms with van der Waals surface area (Å²) >= 11 is 0. The standard InChI is InChI=1S/C11H21NO/c1-9-3-2-4-11(13,7-9)10(8-12)5-6-10/h9,13H,2-8,12H2,1H3. The Labute approximate surface area is 80.5 Å². The summed E-state index contributed by atoms with van der Waals surface area (Å²) in [6, 6.07) is 0. The Morgan fingerprint density at radius 3 is 2.54 bits per heavy atom. The maximum atomic E-state index is 10.6. The van der Waals surface area contributed by atoms with Crippen molar-refractivity contribution < 1.29 is 5.11 Å². The van der Waals surface area contributed by atoms with Crippen LogP contribution in [0, 0.1) is 11.3 Å². The molecule has 0 amide bonds. The monoisotopic (exact) mass is 183 g/mol. The molecule has 2 aliphatic carbocycles. The molecule has 0 aliphatic heterocycles. The molecule has 0 spiro atoms. The SMILES string of the molecule is CC1CCCC(O)(C2(CN)CC2)C1. The third-order valence-electron chi connectivity index (χ3n) is 4.20. The van der Waals surface area contributed by atoms with Crippen LogP contribution in [0.3, 0.4) is 0 Å². The van der Waals surface area contributed by atoms with E-state index in [-0.39, 0.29) is 5.41 Å². The van der Waals surface area contributed by atoms with Crippen LogP contribution in [-0.2, 0) is 0 Å². The van der Waals surface area contributed by atoms with Gasteiger partial charge in [-0.2, -0.15) is 0 Å². The molecule has 0 aromatic rings. The lowest BCUT2D eigenvalue weighted by Gasteiger charge is -2.41. The molecule has 2 rings (SSSR count). The summed E-state index contributed by atoms with van der Waals surface area (Å²) in [6.07, 6.45) is 6.71. The fourth-order valence-electron chi connectivity index (χ4n) is 3.02. The maximum Gasteiger partial charge on any atom is 0.0718 e. The fraction of sp³-hybridized carbons (Fsp3) is 1.00. The highest BCUT2D eigenvalue weighted by molar-refractivity contribution is 5.10. The summed E-state index contributed by atoms with van der Waals surface area (Å²) in [5.41, 5.74) is 5.47. The number of aliphatic hydroxyl groups is 1. The molecule has 0 aromatic carbocycles. The second-order valence-electron chi connectivity index (χ2n) is 5.22. The van der Waals surface area contributed by atoms with Crippen LogP contribution in [0.4, 0.5) is 0 Å². The van der Waals surface area contributed by atoms with Crippen LogP contribution in [0.5, 0.6) is 0 Å². The van der Waals surface area contributed by atoms with Gasteiger partial charge in [0.2, 0.25) is 0 Å². The van der Waals surface area contributed by atoms with Gasteiger partial charge in [0.05, 0.1) is 5.60 Å². The molecule has 0 bridgehead atoms. The lowest BCUT2D eigenvalue weighted by molar-refractivity contribution is -0.0722. The molecule has 0 heterocycles. The van der Waals surface area contributed by atoms with Gasteiger partial charge in [-0.3, -0.25) is 0 Å². The van der Waals surface area contributed by atoms with Crippen molar-refractivity contribution in [3.05, 3.63) is 0 Å². The van der Waals surface area contributed by atoms with E-state index in [1.807, 2.05) is 0 Å². The summed E-state index contributed by atoms with van der Waals surface area (Å²) in [4.78, 5) is 0. The number of rotatable bonds is 2. The van der Waals surface area contributed by atoms with Gasteiger partial charge in [0.15, 0.2) is 0 Å². The van der Waals surface area contributed by atoms with Crippen LogP contribution in [-0.4, -0.2) is 17.3 Å². The van der Waals surface area contributed by atoms with Gasteiger partial charge in [0, 0.05) is 12.0 Å². The zero-order valence-corrected chi connectivity index (χ0v) is 8.55. The van der Waals surface area contributed by atoms with E-state index in [0.29, 0.717) is 12.5 Å². The minimum atomic E-state index is -0.417. The molecule has 2 saturated carbocycles. The van der Waals surface area contributed by atoms with Crippen LogP contribution < -0.4 is 5.73 Å². The number of hydrogen-bond donors (Lipinski definition) is 2. The van der Waals surface area contributed by atoms with Gasteiger partial charge in [-0.15, -0.1) is 0 Å². The predicted molar refractivity (Wildman–Crippen MR) is 53.3 cm³/mol. The highest BCUT2D eigenvalue weighted by Gasteiger charge is 2.58. The Morgan fingerprint density at radius 1 is 1.38 bits per heavy atom. The summed E-state index contributed by atoms with van der Waals surface area (Å²) in [5.74, 6) is 0.683. The molecule has 76 valence electrons. The van der Waals surface area contributed by atoms with Gasteiger partial charge in [0.1, 0.15) is 0 Å².